The van der Waals surface area contributed by atoms with Crippen LogP contribution in [-0.4, -0.2) is 29.8 Å². The Kier molecular flexibility index (Phi) is 5.46. The van der Waals surface area contributed by atoms with Crippen LogP contribution in [0.15, 0.2) is 0 Å². The molecule has 0 bridgehead atoms. The minimum atomic E-state index is -5.07. The average Bonchev–Trinajstić information content (AvgIpc) is 2.15. The van der Waals surface area contributed by atoms with Gasteiger partial charge in [-0.05, 0) is 20.3 Å². The first-order valence-electron chi connectivity index (χ1n) is 4.86. The third-order valence-corrected chi connectivity index (χ3v) is 4.67. The summed E-state index contributed by atoms with van der Waals surface area (Å²) in [7, 11) is -4.63. The molecule has 0 saturated heterocycles. The predicted molar refractivity (Wildman–Crippen MR) is 52.2 cm³/mol. The van der Waals surface area contributed by atoms with Crippen LogP contribution in [0, 0.1) is 0 Å². The maximum absolute atomic E-state index is 12.7. The van der Waals surface area contributed by atoms with Crippen molar-refractivity contribution >= 4 is 7.60 Å². The molecule has 0 rings (SSSR count). The number of halogens is 3. The van der Waals surface area contributed by atoms with E-state index in [4.69, 9.17) is 0 Å². The first-order valence-corrected chi connectivity index (χ1v) is 6.41. The zero-order valence-electron chi connectivity index (χ0n) is 9.37. The molecule has 0 radical (unpaired) electrons. The maximum Gasteiger partial charge on any atom is 0.429 e. The molecule has 1 N–H and O–H groups in total. The fraction of sp³-hybridized carbons (Fsp3) is 1.00. The fourth-order valence-corrected chi connectivity index (χ4v) is 3.02. The minimum Gasteiger partial charge on any atom is -0.371 e. The predicted octanol–water partition coefficient (Wildman–Crippen LogP) is 2.91. The van der Waals surface area contributed by atoms with E-state index < -0.39 is 25.5 Å². The number of alkyl halides is 3. The minimum absolute atomic E-state index is 0.240. The summed E-state index contributed by atoms with van der Waals surface area (Å²) in [5, 5.41) is 6.05. The van der Waals surface area contributed by atoms with Gasteiger partial charge in [0.15, 0.2) is 0 Å². The molecule has 1 atom stereocenters. The van der Waals surface area contributed by atoms with Gasteiger partial charge in [-0.15, -0.1) is 0 Å². The molecule has 0 aliphatic rings. The highest BCUT2D eigenvalue weighted by molar-refractivity contribution is 7.55. The van der Waals surface area contributed by atoms with E-state index in [1.807, 2.05) is 0 Å². The Bertz CT molecular complexity index is 258. The van der Waals surface area contributed by atoms with E-state index in [1.165, 1.54) is 13.8 Å². The van der Waals surface area contributed by atoms with E-state index in [9.17, 15) is 22.8 Å². The molecule has 0 spiro atoms. The number of aliphatic hydroxyl groups is 1. The number of rotatable bonds is 6. The van der Waals surface area contributed by atoms with Gasteiger partial charge in [-0.2, -0.15) is 13.2 Å². The van der Waals surface area contributed by atoms with E-state index >= 15 is 0 Å². The molecule has 16 heavy (non-hydrogen) atoms. The lowest BCUT2D eigenvalue weighted by Gasteiger charge is -2.34. The molecule has 0 aliphatic carbocycles. The lowest BCUT2D eigenvalue weighted by molar-refractivity contribution is -0.232. The Morgan fingerprint density at radius 2 is 1.50 bits per heavy atom. The summed E-state index contributed by atoms with van der Waals surface area (Å²) in [5.41, 5.74) is 0. The largest absolute Gasteiger partial charge is 0.429 e. The first-order chi connectivity index (χ1) is 7.18. The summed E-state index contributed by atoms with van der Waals surface area (Å²) < 4.78 is 58.9. The second-order valence-electron chi connectivity index (χ2n) is 3.00. The molecular formula is C8H16F3O4P. The van der Waals surface area contributed by atoms with Gasteiger partial charge >= 0.3 is 13.8 Å². The topological polar surface area (TPSA) is 55.8 Å². The van der Waals surface area contributed by atoms with Crippen LogP contribution in [0.3, 0.4) is 0 Å². The SMILES string of the molecule is CCOP(=O)(OCC)C(O)(CC)C(F)(F)F. The Hall–Kier alpha value is -0.100. The summed E-state index contributed by atoms with van der Waals surface area (Å²) in [6.07, 6.45) is -5.87. The Morgan fingerprint density at radius 3 is 1.69 bits per heavy atom. The van der Waals surface area contributed by atoms with Crippen LogP contribution in [0.5, 0.6) is 0 Å². The second kappa shape index (κ2) is 5.49. The molecule has 0 aromatic rings. The van der Waals surface area contributed by atoms with Gasteiger partial charge in [-0.1, -0.05) is 6.92 Å². The molecule has 1 unspecified atom stereocenters. The van der Waals surface area contributed by atoms with Crippen LogP contribution >= 0.6 is 7.60 Å². The highest BCUT2D eigenvalue weighted by Gasteiger charge is 2.66. The maximum atomic E-state index is 12.7. The van der Waals surface area contributed by atoms with Gasteiger partial charge in [0.1, 0.15) is 0 Å². The molecule has 0 aliphatic heterocycles. The van der Waals surface area contributed by atoms with Crippen molar-refractivity contribution in [3.63, 3.8) is 0 Å². The second-order valence-corrected chi connectivity index (χ2v) is 5.25. The lowest BCUT2D eigenvalue weighted by Crippen LogP contribution is -2.45. The summed E-state index contributed by atoms with van der Waals surface area (Å²) in [6.45, 7) is 3.33. The van der Waals surface area contributed by atoms with Crippen LogP contribution < -0.4 is 0 Å². The van der Waals surface area contributed by atoms with Gasteiger partial charge in [0, 0.05) is 0 Å². The van der Waals surface area contributed by atoms with Gasteiger partial charge in [0.05, 0.1) is 13.2 Å². The van der Waals surface area contributed by atoms with Crippen LogP contribution in [0.1, 0.15) is 27.2 Å². The molecular weight excluding hydrogens is 248 g/mol. The monoisotopic (exact) mass is 264 g/mol. The Balaban J connectivity index is 5.38. The fourth-order valence-electron chi connectivity index (χ4n) is 1.14. The Morgan fingerprint density at radius 1 is 1.12 bits per heavy atom. The van der Waals surface area contributed by atoms with Gasteiger partial charge in [-0.3, -0.25) is 4.57 Å². The van der Waals surface area contributed by atoms with Crippen molar-refractivity contribution in [2.75, 3.05) is 13.2 Å². The van der Waals surface area contributed by atoms with Crippen molar-refractivity contribution in [3.05, 3.63) is 0 Å². The summed E-state index contributed by atoms with van der Waals surface area (Å²) in [6, 6.07) is 0. The summed E-state index contributed by atoms with van der Waals surface area (Å²) in [5.74, 6) is 0. The van der Waals surface area contributed by atoms with E-state index in [1.54, 1.807) is 0 Å². The molecule has 8 heteroatoms. The van der Waals surface area contributed by atoms with E-state index in [-0.39, 0.29) is 13.2 Å². The van der Waals surface area contributed by atoms with Crippen molar-refractivity contribution in [2.24, 2.45) is 0 Å². The number of hydrogen-bond acceptors (Lipinski definition) is 4. The molecule has 98 valence electrons. The van der Waals surface area contributed by atoms with Crippen LogP contribution in [0.2, 0.25) is 0 Å². The third kappa shape index (κ3) is 2.77. The summed E-state index contributed by atoms with van der Waals surface area (Å²) in [4.78, 5) is 0. The quantitative estimate of drug-likeness (QED) is 0.749. The van der Waals surface area contributed by atoms with Crippen LogP contribution in [0.25, 0.3) is 0 Å². The molecule has 0 saturated carbocycles. The lowest BCUT2D eigenvalue weighted by atomic mass is 10.2. The Labute approximate surface area is 92.3 Å². The van der Waals surface area contributed by atoms with Gasteiger partial charge in [0.2, 0.25) is 0 Å². The smallest absolute Gasteiger partial charge is 0.371 e. The van der Waals surface area contributed by atoms with Crippen molar-refractivity contribution in [2.45, 2.75) is 38.7 Å². The molecule has 0 heterocycles. The first kappa shape index (κ1) is 15.9. The highest BCUT2D eigenvalue weighted by Crippen LogP contribution is 2.65. The van der Waals surface area contributed by atoms with E-state index in [2.05, 4.69) is 9.05 Å². The molecule has 0 aromatic heterocycles. The van der Waals surface area contributed by atoms with Crippen molar-refractivity contribution < 1.29 is 31.9 Å². The standard InChI is InChI=1S/C8H16F3O4P/c1-4-7(12,8(9,10)11)16(13,14-5-2)15-6-3/h12H,4-6H2,1-3H3. The molecule has 0 aromatic carbocycles. The van der Waals surface area contributed by atoms with E-state index in [0.717, 1.165) is 6.92 Å². The number of hydrogen-bond donors (Lipinski definition) is 1. The highest BCUT2D eigenvalue weighted by atomic mass is 31.2. The van der Waals surface area contributed by atoms with Crippen LogP contribution in [0.4, 0.5) is 13.2 Å². The van der Waals surface area contributed by atoms with Gasteiger partial charge in [-0.25, -0.2) is 0 Å². The van der Waals surface area contributed by atoms with Crippen molar-refractivity contribution in [1.82, 2.24) is 0 Å². The summed E-state index contributed by atoms with van der Waals surface area (Å²) >= 11 is 0. The third-order valence-electron chi connectivity index (χ3n) is 2.00. The average molecular weight is 264 g/mol. The van der Waals surface area contributed by atoms with Crippen molar-refractivity contribution in [1.29, 1.82) is 0 Å². The zero-order valence-corrected chi connectivity index (χ0v) is 10.3. The molecule has 4 nitrogen and oxygen atoms in total. The van der Waals surface area contributed by atoms with Crippen molar-refractivity contribution in [3.8, 4) is 0 Å². The van der Waals surface area contributed by atoms with Gasteiger partial charge in [0.25, 0.3) is 5.34 Å². The zero-order chi connectivity index (χ0) is 13.0. The van der Waals surface area contributed by atoms with Crippen LogP contribution in [-0.2, 0) is 13.6 Å². The molecule has 0 amide bonds. The normalized spacial score (nSPS) is 17.2. The van der Waals surface area contributed by atoms with E-state index in [0.29, 0.717) is 0 Å². The molecule has 0 fully saturated rings. The van der Waals surface area contributed by atoms with Gasteiger partial charge < -0.3 is 14.2 Å².